The number of methoxy groups -OCH3 is 1. The molecule has 30 heavy (non-hydrogen) atoms. The summed E-state index contributed by atoms with van der Waals surface area (Å²) in [5, 5.41) is 15.7. The fourth-order valence-electron chi connectivity index (χ4n) is 2.41. The van der Waals surface area contributed by atoms with Crippen LogP contribution in [0, 0.1) is 10.1 Å². The number of nitrogens with one attached hydrogen (secondary N) is 2. The monoisotopic (exact) mass is 415 g/mol. The first-order valence-electron chi connectivity index (χ1n) is 8.98. The summed E-state index contributed by atoms with van der Waals surface area (Å²) in [6, 6.07) is 11.9. The van der Waals surface area contributed by atoms with Crippen LogP contribution in [-0.4, -0.2) is 42.5 Å². The van der Waals surface area contributed by atoms with Crippen LogP contribution in [-0.2, 0) is 14.3 Å². The van der Waals surface area contributed by atoms with E-state index in [2.05, 4.69) is 10.6 Å². The normalized spacial score (nSPS) is 11.1. The molecule has 0 unspecified atom stereocenters. The molecule has 0 saturated heterocycles. The van der Waals surface area contributed by atoms with E-state index in [9.17, 15) is 24.5 Å². The van der Waals surface area contributed by atoms with Gasteiger partial charge in [-0.05, 0) is 31.2 Å². The van der Waals surface area contributed by atoms with Gasteiger partial charge >= 0.3 is 5.97 Å². The van der Waals surface area contributed by atoms with Crippen LogP contribution in [0.3, 0.4) is 0 Å². The van der Waals surface area contributed by atoms with Crippen LogP contribution < -0.4 is 15.4 Å². The molecule has 10 heteroatoms. The Hall–Kier alpha value is -3.95. The lowest BCUT2D eigenvalue weighted by atomic mass is 10.2. The molecular weight excluding hydrogens is 394 g/mol. The van der Waals surface area contributed by atoms with Gasteiger partial charge in [0.05, 0.1) is 24.1 Å². The summed E-state index contributed by atoms with van der Waals surface area (Å²) in [4.78, 5) is 46.2. The summed E-state index contributed by atoms with van der Waals surface area (Å²) in [7, 11) is 1.47. The number of anilines is 1. The van der Waals surface area contributed by atoms with Gasteiger partial charge in [0.25, 0.3) is 17.5 Å². The minimum absolute atomic E-state index is 0.0184. The molecule has 0 spiro atoms. The average Bonchev–Trinajstić information content (AvgIpc) is 2.73. The van der Waals surface area contributed by atoms with E-state index in [1.807, 2.05) is 0 Å². The molecule has 2 rings (SSSR count). The quantitative estimate of drug-likeness (QED) is 0.364. The number of amides is 2. The molecule has 0 aliphatic rings. The van der Waals surface area contributed by atoms with Crippen LogP contribution >= 0.6 is 0 Å². The van der Waals surface area contributed by atoms with Crippen molar-refractivity contribution in [1.82, 2.24) is 5.32 Å². The number of hydrogen-bond acceptors (Lipinski definition) is 7. The van der Waals surface area contributed by atoms with E-state index in [1.165, 1.54) is 38.3 Å². The van der Waals surface area contributed by atoms with Gasteiger partial charge in [-0.15, -0.1) is 0 Å². The molecule has 1 atom stereocenters. The second kappa shape index (κ2) is 10.6. The number of nitro benzene ring substituents is 1. The minimum Gasteiger partial charge on any atom is -0.495 e. The third-order valence-corrected chi connectivity index (χ3v) is 4.00. The molecule has 2 N–H and O–H groups in total. The van der Waals surface area contributed by atoms with Gasteiger partial charge in [-0.25, -0.2) is 0 Å². The third kappa shape index (κ3) is 6.30. The highest BCUT2D eigenvalue weighted by atomic mass is 16.6. The van der Waals surface area contributed by atoms with Crippen LogP contribution in [0.4, 0.5) is 11.4 Å². The van der Waals surface area contributed by atoms with Crippen molar-refractivity contribution in [2.24, 2.45) is 0 Å². The topological polar surface area (TPSA) is 137 Å². The SMILES string of the molecule is COc1ccccc1NC(=O)[C@@H](C)OC(=O)CCNC(=O)c1ccc([N+](=O)[O-])cc1. The number of carbonyl (C=O) groups excluding carboxylic acids is 3. The number of nitro groups is 1. The van der Waals surface area contributed by atoms with Gasteiger partial charge in [-0.3, -0.25) is 24.5 Å². The number of rotatable bonds is 9. The maximum Gasteiger partial charge on any atom is 0.308 e. The maximum absolute atomic E-state index is 12.2. The summed E-state index contributed by atoms with van der Waals surface area (Å²) < 4.78 is 10.2. The second-order valence-corrected chi connectivity index (χ2v) is 6.13. The van der Waals surface area contributed by atoms with Crippen molar-refractivity contribution in [3.63, 3.8) is 0 Å². The second-order valence-electron chi connectivity index (χ2n) is 6.13. The largest absolute Gasteiger partial charge is 0.495 e. The Balaban J connectivity index is 1.77. The van der Waals surface area contributed by atoms with E-state index in [0.29, 0.717) is 11.4 Å². The molecule has 0 aliphatic carbocycles. The van der Waals surface area contributed by atoms with Gasteiger partial charge in [-0.2, -0.15) is 0 Å². The number of nitrogens with zero attached hydrogens (tertiary/aromatic N) is 1. The minimum atomic E-state index is -1.05. The lowest BCUT2D eigenvalue weighted by molar-refractivity contribution is -0.384. The van der Waals surface area contributed by atoms with Gasteiger partial charge in [-0.1, -0.05) is 12.1 Å². The lowest BCUT2D eigenvalue weighted by Crippen LogP contribution is -2.32. The van der Waals surface area contributed by atoms with Crippen molar-refractivity contribution in [1.29, 1.82) is 0 Å². The van der Waals surface area contributed by atoms with E-state index >= 15 is 0 Å². The van der Waals surface area contributed by atoms with Crippen molar-refractivity contribution >= 4 is 29.2 Å². The van der Waals surface area contributed by atoms with Crippen molar-refractivity contribution in [2.45, 2.75) is 19.4 Å². The Morgan fingerprint density at radius 1 is 1.10 bits per heavy atom. The number of para-hydroxylation sites is 2. The summed E-state index contributed by atoms with van der Waals surface area (Å²) in [6.07, 6.45) is -1.20. The predicted molar refractivity (Wildman–Crippen MR) is 107 cm³/mol. The summed E-state index contributed by atoms with van der Waals surface area (Å²) in [5.41, 5.74) is 0.539. The molecular formula is C20H21N3O7. The highest BCUT2D eigenvalue weighted by Crippen LogP contribution is 2.23. The Kier molecular flexibility index (Phi) is 7.86. The van der Waals surface area contributed by atoms with E-state index in [1.54, 1.807) is 24.3 Å². The van der Waals surface area contributed by atoms with Crippen LogP contribution in [0.25, 0.3) is 0 Å². The Labute approximate surface area is 172 Å². The van der Waals surface area contributed by atoms with E-state index in [4.69, 9.17) is 9.47 Å². The molecule has 0 bridgehead atoms. The predicted octanol–water partition coefficient (Wildman–Crippen LogP) is 2.29. The van der Waals surface area contributed by atoms with Gasteiger partial charge in [0.2, 0.25) is 0 Å². The number of esters is 1. The molecule has 2 aromatic carbocycles. The van der Waals surface area contributed by atoms with Crippen molar-refractivity contribution in [2.75, 3.05) is 19.0 Å². The number of non-ortho nitro benzene ring substituents is 1. The Bertz CT molecular complexity index is 928. The number of hydrogen-bond donors (Lipinski definition) is 2. The summed E-state index contributed by atoms with van der Waals surface area (Å²) >= 11 is 0. The first kappa shape index (κ1) is 22.3. The molecule has 0 saturated carbocycles. The van der Waals surface area contributed by atoms with Crippen LogP contribution in [0.1, 0.15) is 23.7 Å². The van der Waals surface area contributed by atoms with Gasteiger partial charge in [0.15, 0.2) is 6.10 Å². The molecule has 2 aromatic rings. The van der Waals surface area contributed by atoms with Gasteiger partial charge < -0.3 is 20.1 Å². The third-order valence-electron chi connectivity index (χ3n) is 4.00. The molecule has 2 amide bonds. The van der Waals surface area contributed by atoms with E-state index in [-0.39, 0.29) is 24.2 Å². The fraction of sp³-hybridized carbons (Fsp3) is 0.250. The molecule has 0 radical (unpaired) electrons. The average molecular weight is 415 g/mol. The number of ether oxygens (including phenoxy) is 2. The molecule has 158 valence electrons. The van der Waals surface area contributed by atoms with E-state index in [0.717, 1.165) is 0 Å². The van der Waals surface area contributed by atoms with Crippen molar-refractivity contribution in [3.8, 4) is 5.75 Å². The highest BCUT2D eigenvalue weighted by molar-refractivity contribution is 5.96. The maximum atomic E-state index is 12.2. The molecule has 0 aliphatic heterocycles. The zero-order valence-corrected chi connectivity index (χ0v) is 16.4. The first-order valence-corrected chi connectivity index (χ1v) is 8.98. The molecule has 0 aromatic heterocycles. The fourth-order valence-corrected chi connectivity index (χ4v) is 2.41. The summed E-state index contributed by atoms with van der Waals surface area (Å²) in [6.45, 7) is 1.41. The standard InChI is InChI=1S/C20H21N3O7/c1-13(19(25)22-16-5-3-4-6-17(16)29-2)30-18(24)11-12-21-20(26)14-7-9-15(10-8-14)23(27)28/h3-10,13H,11-12H2,1-2H3,(H,21,26)(H,22,25)/t13-/m1/s1. The van der Waals surface area contributed by atoms with Crippen molar-refractivity contribution in [3.05, 3.63) is 64.2 Å². The van der Waals surface area contributed by atoms with Gasteiger partial charge in [0, 0.05) is 24.2 Å². The van der Waals surface area contributed by atoms with Gasteiger partial charge in [0.1, 0.15) is 5.75 Å². The number of carbonyl (C=O) groups is 3. The zero-order chi connectivity index (χ0) is 22.1. The van der Waals surface area contributed by atoms with Crippen LogP contribution in [0.5, 0.6) is 5.75 Å². The highest BCUT2D eigenvalue weighted by Gasteiger charge is 2.19. The zero-order valence-electron chi connectivity index (χ0n) is 16.4. The smallest absolute Gasteiger partial charge is 0.308 e. The molecule has 0 heterocycles. The van der Waals surface area contributed by atoms with Crippen LogP contribution in [0.15, 0.2) is 48.5 Å². The summed E-state index contributed by atoms with van der Waals surface area (Å²) in [5.74, 6) is -1.21. The lowest BCUT2D eigenvalue weighted by Gasteiger charge is -2.15. The Morgan fingerprint density at radius 3 is 2.40 bits per heavy atom. The molecule has 10 nitrogen and oxygen atoms in total. The van der Waals surface area contributed by atoms with Crippen LogP contribution in [0.2, 0.25) is 0 Å². The Morgan fingerprint density at radius 2 is 1.77 bits per heavy atom. The van der Waals surface area contributed by atoms with E-state index < -0.39 is 28.8 Å². The van der Waals surface area contributed by atoms with Crippen molar-refractivity contribution < 1.29 is 28.8 Å². The molecule has 0 fully saturated rings. The first-order chi connectivity index (χ1) is 14.3. The number of benzene rings is 2.